The van der Waals surface area contributed by atoms with Crippen LogP contribution in [0.4, 0.5) is 9.18 Å². The maximum atomic E-state index is 13.6. The van der Waals surface area contributed by atoms with Gasteiger partial charge in [-0.3, -0.25) is 0 Å². The summed E-state index contributed by atoms with van der Waals surface area (Å²) in [7, 11) is 0. The number of aliphatic hydroxyl groups excluding tert-OH is 1. The van der Waals surface area contributed by atoms with E-state index in [1.54, 1.807) is 12.1 Å². The van der Waals surface area contributed by atoms with Gasteiger partial charge in [0.1, 0.15) is 5.82 Å². The first-order valence-corrected chi connectivity index (χ1v) is 6.57. The van der Waals surface area contributed by atoms with Crippen LogP contribution in [-0.2, 0) is 6.54 Å². The normalized spacial score (nSPS) is 9.55. The molecule has 0 saturated heterocycles. The average Bonchev–Trinajstić information content (AvgIpc) is 2.45. The van der Waals surface area contributed by atoms with Crippen LogP contribution in [-0.4, -0.2) is 24.3 Å². The maximum Gasteiger partial charge on any atom is 0.315 e. The molecule has 0 radical (unpaired) electrons. The zero-order chi connectivity index (χ0) is 14.8. The van der Waals surface area contributed by atoms with Crippen molar-refractivity contribution in [1.29, 1.82) is 0 Å². The molecule has 0 aliphatic rings. The number of urea groups is 1. The van der Waals surface area contributed by atoms with E-state index in [0.717, 1.165) is 6.42 Å². The van der Waals surface area contributed by atoms with Crippen molar-refractivity contribution in [2.24, 2.45) is 0 Å². The first-order chi connectivity index (χ1) is 9.67. The van der Waals surface area contributed by atoms with E-state index in [1.165, 1.54) is 6.07 Å². The topological polar surface area (TPSA) is 61.4 Å². The molecule has 4 nitrogen and oxygen atoms in total. The summed E-state index contributed by atoms with van der Waals surface area (Å²) in [6, 6.07) is 4.17. The second kappa shape index (κ2) is 8.94. The van der Waals surface area contributed by atoms with Gasteiger partial charge in [-0.05, 0) is 24.6 Å². The van der Waals surface area contributed by atoms with Crippen molar-refractivity contribution in [3.05, 3.63) is 35.1 Å². The van der Waals surface area contributed by atoms with Gasteiger partial charge in [0.25, 0.3) is 0 Å². The van der Waals surface area contributed by atoms with Crippen molar-refractivity contribution in [3.8, 4) is 11.8 Å². The third-order valence-electron chi connectivity index (χ3n) is 2.49. The summed E-state index contributed by atoms with van der Waals surface area (Å²) >= 11 is 0. The molecule has 1 aromatic rings. The summed E-state index contributed by atoms with van der Waals surface area (Å²) in [4.78, 5) is 11.4. The lowest BCUT2D eigenvalue weighted by Gasteiger charge is -2.08. The molecular formula is C15H19FN2O2. The van der Waals surface area contributed by atoms with Gasteiger partial charge in [0.15, 0.2) is 0 Å². The third-order valence-corrected chi connectivity index (χ3v) is 2.49. The van der Waals surface area contributed by atoms with Gasteiger partial charge in [-0.2, -0.15) is 0 Å². The van der Waals surface area contributed by atoms with E-state index in [4.69, 9.17) is 5.11 Å². The second-order valence-electron chi connectivity index (χ2n) is 4.19. The lowest BCUT2D eigenvalue weighted by atomic mass is 10.1. The van der Waals surface area contributed by atoms with E-state index in [2.05, 4.69) is 22.5 Å². The highest BCUT2D eigenvalue weighted by molar-refractivity contribution is 5.73. The van der Waals surface area contributed by atoms with Crippen LogP contribution in [0.25, 0.3) is 0 Å². The van der Waals surface area contributed by atoms with Gasteiger partial charge in [-0.15, -0.1) is 0 Å². The Kier molecular flexibility index (Phi) is 7.15. The van der Waals surface area contributed by atoms with Gasteiger partial charge < -0.3 is 15.7 Å². The van der Waals surface area contributed by atoms with E-state index in [1.807, 2.05) is 6.92 Å². The molecule has 0 aromatic heterocycles. The zero-order valence-electron chi connectivity index (χ0n) is 11.5. The number of carbonyl (C=O) groups excluding carboxylic acids is 1. The Bertz CT molecular complexity index is 506. The van der Waals surface area contributed by atoms with E-state index in [9.17, 15) is 9.18 Å². The molecule has 0 aliphatic carbocycles. The van der Waals surface area contributed by atoms with Crippen LogP contribution in [0.1, 0.15) is 30.9 Å². The van der Waals surface area contributed by atoms with E-state index in [0.29, 0.717) is 24.1 Å². The van der Waals surface area contributed by atoms with E-state index in [-0.39, 0.29) is 25.0 Å². The Hall–Kier alpha value is -2.06. The van der Waals surface area contributed by atoms with Gasteiger partial charge in [-0.1, -0.05) is 18.8 Å². The van der Waals surface area contributed by atoms with Gasteiger partial charge in [0.05, 0.1) is 6.61 Å². The molecule has 0 unspecified atom stereocenters. The largest absolute Gasteiger partial charge is 0.395 e. The summed E-state index contributed by atoms with van der Waals surface area (Å²) < 4.78 is 13.6. The van der Waals surface area contributed by atoms with Crippen molar-refractivity contribution < 1.29 is 14.3 Å². The number of hydrogen-bond acceptors (Lipinski definition) is 2. The van der Waals surface area contributed by atoms with E-state index < -0.39 is 0 Å². The molecule has 0 atom stereocenters. The smallest absolute Gasteiger partial charge is 0.315 e. The van der Waals surface area contributed by atoms with Crippen LogP contribution in [0.3, 0.4) is 0 Å². The number of amides is 2. The van der Waals surface area contributed by atoms with Crippen LogP contribution in [0.5, 0.6) is 0 Å². The number of rotatable bonds is 5. The van der Waals surface area contributed by atoms with Crippen LogP contribution in [0.15, 0.2) is 18.2 Å². The zero-order valence-corrected chi connectivity index (χ0v) is 11.5. The highest BCUT2D eigenvalue weighted by Gasteiger charge is 2.05. The van der Waals surface area contributed by atoms with E-state index >= 15 is 0 Å². The van der Waals surface area contributed by atoms with Crippen LogP contribution in [0, 0.1) is 17.7 Å². The number of carbonyl (C=O) groups is 1. The lowest BCUT2D eigenvalue weighted by Crippen LogP contribution is -2.35. The molecule has 3 N–H and O–H groups in total. The Labute approximate surface area is 118 Å². The van der Waals surface area contributed by atoms with Crippen molar-refractivity contribution in [2.45, 2.75) is 26.3 Å². The predicted molar refractivity (Wildman–Crippen MR) is 75.5 cm³/mol. The van der Waals surface area contributed by atoms with Gasteiger partial charge in [0.2, 0.25) is 0 Å². The minimum absolute atomic E-state index is 0.000206. The highest BCUT2D eigenvalue weighted by atomic mass is 19.1. The maximum absolute atomic E-state index is 13.6. The fraction of sp³-hybridized carbons (Fsp3) is 0.400. The second-order valence-corrected chi connectivity index (χ2v) is 4.19. The Morgan fingerprint density at radius 3 is 2.90 bits per heavy atom. The number of nitrogens with one attached hydrogen (secondary N) is 2. The lowest BCUT2D eigenvalue weighted by molar-refractivity contribution is 0.240. The quantitative estimate of drug-likeness (QED) is 0.719. The first-order valence-electron chi connectivity index (χ1n) is 6.57. The van der Waals surface area contributed by atoms with Gasteiger partial charge in [-0.25, -0.2) is 9.18 Å². The van der Waals surface area contributed by atoms with Gasteiger partial charge >= 0.3 is 6.03 Å². The molecule has 108 valence electrons. The first kappa shape index (κ1) is 16.0. The van der Waals surface area contributed by atoms with Crippen LogP contribution < -0.4 is 10.6 Å². The standard InChI is InChI=1S/C15H19FN2O2/c1-2-8-17-15(20)18-11-13-10-12(5-3-4-9-19)6-7-14(13)16/h6-7,10,19H,2,4,8-9,11H2,1H3,(H2,17,18,20). The van der Waals surface area contributed by atoms with Crippen LogP contribution >= 0.6 is 0 Å². The Morgan fingerprint density at radius 2 is 2.20 bits per heavy atom. The fourth-order valence-electron chi connectivity index (χ4n) is 1.48. The Balaban J connectivity index is 2.63. The molecule has 0 spiro atoms. The molecule has 20 heavy (non-hydrogen) atoms. The minimum Gasteiger partial charge on any atom is -0.395 e. The summed E-state index contributed by atoms with van der Waals surface area (Å²) in [5.41, 5.74) is 1.04. The fourth-order valence-corrected chi connectivity index (χ4v) is 1.48. The summed E-state index contributed by atoms with van der Waals surface area (Å²) in [5, 5.41) is 13.9. The van der Waals surface area contributed by atoms with Crippen molar-refractivity contribution in [3.63, 3.8) is 0 Å². The Morgan fingerprint density at radius 1 is 1.40 bits per heavy atom. The van der Waals surface area contributed by atoms with Crippen LogP contribution in [0.2, 0.25) is 0 Å². The molecule has 5 heteroatoms. The molecule has 0 saturated carbocycles. The molecule has 1 aromatic carbocycles. The molecule has 2 amide bonds. The number of hydrogen-bond donors (Lipinski definition) is 3. The van der Waals surface area contributed by atoms with Crippen molar-refractivity contribution in [1.82, 2.24) is 10.6 Å². The predicted octanol–water partition coefficient (Wildman–Crippen LogP) is 1.77. The number of aliphatic hydroxyl groups is 1. The summed E-state index contributed by atoms with van der Waals surface area (Å²) in [6.07, 6.45) is 1.22. The summed E-state index contributed by atoms with van der Waals surface area (Å²) in [5.74, 6) is 5.22. The minimum atomic E-state index is -0.381. The SMILES string of the molecule is CCCNC(=O)NCc1cc(C#CCCO)ccc1F. The molecule has 0 heterocycles. The summed E-state index contributed by atoms with van der Waals surface area (Å²) in [6.45, 7) is 2.65. The molecular weight excluding hydrogens is 259 g/mol. The molecule has 1 rings (SSSR count). The number of benzene rings is 1. The number of halogens is 1. The van der Waals surface area contributed by atoms with Crippen molar-refractivity contribution in [2.75, 3.05) is 13.2 Å². The highest BCUT2D eigenvalue weighted by Crippen LogP contribution is 2.09. The molecule has 0 fully saturated rings. The molecule has 0 bridgehead atoms. The van der Waals surface area contributed by atoms with Gasteiger partial charge in [0, 0.05) is 30.6 Å². The van der Waals surface area contributed by atoms with Crippen molar-refractivity contribution >= 4 is 6.03 Å². The molecule has 0 aliphatic heterocycles. The third kappa shape index (κ3) is 5.72. The monoisotopic (exact) mass is 278 g/mol. The average molecular weight is 278 g/mol.